The van der Waals surface area contributed by atoms with Gasteiger partial charge in [-0.1, -0.05) is 30.3 Å². The number of benzene rings is 1. The summed E-state index contributed by atoms with van der Waals surface area (Å²) in [6.45, 7) is 8.38. The molecule has 3 rings (SSSR count). The van der Waals surface area contributed by atoms with Crippen LogP contribution in [0.1, 0.15) is 44.1 Å². The molecule has 1 aromatic rings. The zero-order valence-corrected chi connectivity index (χ0v) is 19.3. The highest BCUT2D eigenvalue weighted by Gasteiger charge is 2.30. The van der Waals surface area contributed by atoms with Crippen molar-refractivity contribution in [2.45, 2.75) is 45.1 Å². The molecule has 2 fully saturated rings. The molecule has 1 heterocycles. The molecule has 0 atom stereocenters. The number of piperazine rings is 1. The van der Waals surface area contributed by atoms with Crippen LogP contribution in [0.2, 0.25) is 0 Å². The Kier molecular flexibility index (Phi) is 10.5. The highest BCUT2D eigenvalue weighted by Crippen LogP contribution is 2.30. The van der Waals surface area contributed by atoms with Gasteiger partial charge in [-0.15, -0.1) is 0 Å². The van der Waals surface area contributed by atoms with Crippen molar-refractivity contribution in [1.82, 2.24) is 15.1 Å². The first-order chi connectivity index (χ1) is 15.7. The van der Waals surface area contributed by atoms with Gasteiger partial charge in [0.15, 0.2) is 0 Å². The molecule has 0 bridgehead atoms. The van der Waals surface area contributed by atoms with Crippen molar-refractivity contribution in [2.24, 2.45) is 17.6 Å². The Bertz CT molecular complexity index is 684. The Balaban J connectivity index is 1.24. The lowest BCUT2D eigenvalue weighted by molar-refractivity contribution is -0.152. The number of hydrogen-bond donors (Lipinski definition) is 2. The molecule has 0 unspecified atom stereocenters. The third-order valence-electron chi connectivity index (χ3n) is 6.75. The van der Waals surface area contributed by atoms with Crippen molar-refractivity contribution in [3.63, 3.8) is 0 Å². The van der Waals surface area contributed by atoms with Crippen LogP contribution in [0, 0.1) is 11.8 Å². The molecular formula is C25H40N4O3. The van der Waals surface area contributed by atoms with Gasteiger partial charge >= 0.3 is 5.97 Å². The minimum atomic E-state index is -0.129. The van der Waals surface area contributed by atoms with Crippen molar-refractivity contribution in [3.8, 4) is 0 Å². The topological polar surface area (TPSA) is 87.9 Å². The fraction of sp³-hybridized carbons (Fsp3) is 0.680. The zero-order chi connectivity index (χ0) is 22.6. The van der Waals surface area contributed by atoms with E-state index in [4.69, 9.17) is 10.5 Å². The van der Waals surface area contributed by atoms with Crippen LogP contribution in [-0.4, -0.2) is 74.0 Å². The SMILES string of the molecule is NCCCN1CCN(CCCNC(=O)[C@H]2CC[C@@H](C(=O)OCc3ccccc3)CC2)CC1. The van der Waals surface area contributed by atoms with E-state index in [2.05, 4.69) is 15.1 Å². The standard InChI is InChI=1S/C25H40N4O3/c26-12-4-14-28-16-18-29(19-17-28)15-5-13-27-24(30)22-8-10-23(11-9-22)25(31)32-20-21-6-2-1-3-7-21/h1-3,6-7,22-23H,4-5,8-20,26H2,(H,27,30)/t22-,23+. The number of esters is 1. The van der Waals surface area contributed by atoms with Gasteiger partial charge in [0, 0.05) is 38.6 Å². The van der Waals surface area contributed by atoms with Gasteiger partial charge in [0.25, 0.3) is 0 Å². The maximum atomic E-state index is 12.5. The largest absolute Gasteiger partial charge is 0.461 e. The first-order valence-corrected chi connectivity index (χ1v) is 12.3. The quantitative estimate of drug-likeness (QED) is 0.401. The molecule has 3 N–H and O–H groups in total. The number of nitrogens with one attached hydrogen (secondary N) is 1. The van der Waals surface area contributed by atoms with Crippen LogP contribution in [-0.2, 0) is 20.9 Å². The summed E-state index contributed by atoms with van der Waals surface area (Å²) in [6, 6.07) is 9.75. The molecule has 7 nitrogen and oxygen atoms in total. The van der Waals surface area contributed by atoms with E-state index in [0.717, 1.165) is 96.4 Å². The molecule has 32 heavy (non-hydrogen) atoms. The summed E-state index contributed by atoms with van der Waals surface area (Å²) in [5, 5.41) is 3.11. The first kappa shape index (κ1) is 24.7. The maximum absolute atomic E-state index is 12.5. The summed E-state index contributed by atoms with van der Waals surface area (Å²) in [5.41, 5.74) is 6.59. The molecule has 178 valence electrons. The van der Waals surface area contributed by atoms with Crippen LogP contribution in [0.5, 0.6) is 0 Å². The zero-order valence-electron chi connectivity index (χ0n) is 19.3. The van der Waals surface area contributed by atoms with E-state index in [1.54, 1.807) is 0 Å². The molecule has 1 amide bonds. The molecule has 1 aliphatic carbocycles. The molecule has 0 radical (unpaired) electrons. The maximum Gasteiger partial charge on any atom is 0.309 e. The Morgan fingerprint density at radius 2 is 1.50 bits per heavy atom. The summed E-state index contributed by atoms with van der Waals surface area (Å²) in [4.78, 5) is 29.8. The van der Waals surface area contributed by atoms with E-state index in [0.29, 0.717) is 6.61 Å². The fourth-order valence-corrected chi connectivity index (χ4v) is 4.65. The number of nitrogens with two attached hydrogens (primary N) is 1. The summed E-state index contributed by atoms with van der Waals surface area (Å²) < 4.78 is 5.47. The second-order valence-electron chi connectivity index (χ2n) is 9.11. The summed E-state index contributed by atoms with van der Waals surface area (Å²) in [7, 11) is 0. The lowest BCUT2D eigenvalue weighted by atomic mass is 9.81. The first-order valence-electron chi connectivity index (χ1n) is 12.3. The van der Waals surface area contributed by atoms with E-state index in [1.165, 1.54) is 0 Å². The number of ether oxygens (including phenoxy) is 1. The van der Waals surface area contributed by atoms with Gasteiger partial charge in [0.2, 0.25) is 5.91 Å². The third-order valence-corrected chi connectivity index (χ3v) is 6.75. The second kappa shape index (κ2) is 13.6. The van der Waals surface area contributed by atoms with Gasteiger partial charge in [0.1, 0.15) is 6.61 Å². The van der Waals surface area contributed by atoms with Gasteiger partial charge in [-0.05, 0) is 63.7 Å². The van der Waals surface area contributed by atoms with Gasteiger partial charge in [-0.25, -0.2) is 0 Å². The number of carbonyl (C=O) groups excluding carboxylic acids is 2. The van der Waals surface area contributed by atoms with Gasteiger partial charge in [0.05, 0.1) is 5.92 Å². The van der Waals surface area contributed by atoms with Crippen LogP contribution in [0.3, 0.4) is 0 Å². The summed E-state index contributed by atoms with van der Waals surface area (Å²) >= 11 is 0. The third kappa shape index (κ3) is 8.19. The number of rotatable bonds is 11. The number of amides is 1. The summed E-state index contributed by atoms with van der Waals surface area (Å²) in [6.07, 6.45) is 5.06. The van der Waals surface area contributed by atoms with Crippen molar-refractivity contribution >= 4 is 11.9 Å². The molecule has 2 aliphatic rings. The lowest BCUT2D eigenvalue weighted by Crippen LogP contribution is -2.47. The minimum absolute atomic E-state index is 0.0271. The highest BCUT2D eigenvalue weighted by molar-refractivity contribution is 5.79. The van der Waals surface area contributed by atoms with Crippen molar-refractivity contribution in [2.75, 3.05) is 52.4 Å². The van der Waals surface area contributed by atoms with Gasteiger partial charge in [-0.3, -0.25) is 9.59 Å². The summed E-state index contributed by atoms with van der Waals surface area (Å²) in [5.74, 6) is -0.0333. The second-order valence-corrected chi connectivity index (χ2v) is 9.11. The Morgan fingerprint density at radius 3 is 2.12 bits per heavy atom. The Labute approximate surface area is 192 Å². The minimum Gasteiger partial charge on any atom is -0.461 e. The average molecular weight is 445 g/mol. The molecule has 7 heteroatoms. The molecular weight excluding hydrogens is 404 g/mol. The van der Waals surface area contributed by atoms with E-state index in [1.807, 2.05) is 30.3 Å². The van der Waals surface area contributed by atoms with Crippen LogP contribution < -0.4 is 11.1 Å². The Hall–Kier alpha value is -1.96. The van der Waals surface area contributed by atoms with Gasteiger partial charge < -0.3 is 25.6 Å². The molecule has 1 aliphatic heterocycles. The molecule has 0 spiro atoms. The lowest BCUT2D eigenvalue weighted by Gasteiger charge is -2.34. The molecule has 1 saturated heterocycles. The molecule has 1 saturated carbocycles. The van der Waals surface area contributed by atoms with E-state index in [9.17, 15) is 9.59 Å². The van der Waals surface area contributed by atoms with Crippen LogP contribution >= 0.6 is 0 Å². The Morgan fingerprint density at radius 1 is 0.906 bits per heavy atom. The van der Waals surface area contributed by atoms with Crippen LogP contribution in [0.25, 0.3) is 0 Å². The van der Waals surface area contributed by atoms with Crippen molar-refractivity contribution in [3.05, 3.63) is 35.9 Å². The predicted molar refractivity (Wildman–Crippen MR) is 126 cm³/mol. The fourth-order valence-electron chi connectivity index (χ4n) is 4.65. The van der Waals surface area contributed by atoms with Crippen molar-refractivity contribution < 1.29 is 14.3 Å². The van der Waals surface area contributed by atoms with E-state index < -0.39 is 0 Å². The van der Waals surface area contributed by atoms with E-state index >= 15 is 0 Å². The monoisotopic (exact) mass is 444 g/mol. The number of nitrogens with zero attached hydrogens (tertiary/aromatic N) is 2. The van der Waals surface area contributed by atoms with E-state index in [-0.39, 0.29) is 23.7 Å². The molecule has 1 aromatic carbocycles. The highest BCUT2D eigenvalue weighted by atomic mass is 16.5. The number of carbonyl (C=O) groups is 2. The van der Waals surface area contributed by atoms with Crippen LogP contribution in [0.4, 0.5) is 0 Å². The average Bonchev–Trinajstić information content (AvgIpc) is 2.85. The van der Waals surface area contributed by atoms with Crippen LogP contribution in [0.15, 0.2) is 30.3 Å². The smallest absolute Gasteiger partial charge is 0.309 e. The number of hydrogen-bond acceptors (Lipinski definition) is 6. The molecule has 0 aromatic heterocycles. The normalized spacial score (nSPS) is 22.4. The predicted octanol–water partition coefficient (Wildman–Crippen LogP) is 2.01. The van der Waals surface area contributed by atoms with Gasteiger partial charge in [-0.2, -0.15) is 0 Å². The van der Waals surface area contributed by atoms with Crippen molar-refractivity contribution in [1.29, 1.82) is 0 Å².